The van der Waals surface area contributed by atoms with Crippen LogP contribution in [0, 0.1) is 0 Å². The first kappa shape index (κ1) is 13.4. The molecule has 1 aromatic heterocycles. The molecule has 0 saturated carbocycles. The first-order valence-corrected chi connectivity index (χ1v) is 7.70. The van der Waals surface area contributed by atoms with E-state index in [1.165, 1.54) is 30.3 Å². The standard InChI is InChI=1S/C17H23N3/c1-2-9-18-15-7-5-10-20(13-15)16-11-14-6-3-4-8-17(14)19-12-16/h3-4,6,8,11-12,15,18H,2,5,7,9-10,13H2,1H3. The van der Waals surface area contributed by atoms with Crippen LogP contribution in [0.5, 0.6) is 0 Å². The van der Waals surface area contributed by atoms with Crippen molar-refractivity contribution in [3.05, 3.63) is 36.5 Å². The van der Waals surface area contributed by atoms with Gasteiger partial charge in [-0.3, -0.25) is 4.98 Å². The number of para-hydroxylation sites is 1. The smallest absolute Gasteiger partial charge is 0.0703 e. The number of benzene rings is 1. The first-order valence-electron chi connectivity index (χ1n) is 7.70. The lowest BCUT2D eigenvalue weighted by atomic mass is 10.0. The number of aromatic nitrogens is 1. The van der Waals surface area contributed by atoms with E-state index in [0.29, 0.717) is 6.04 Å². The van der Waals surface area contributed by atoms with Gasteiger partial charge in [-0.05, 0) is 37.9 Å². The average Bonchev–Trinajstić information content (AvgIpc) is 2.53. The zero-order chi connectivity index (χ0) is 13.8. The molecule has 0 amide bonds. The van der Waals surface area contributed by atoms with Gasteiger partial charge in [-0.25, -0.2) is 0 Å². The van der Waals surface area contributed by atoms with Gasteiger partial charge in [0.2, 0.25) is 0 Å². The number of anilines is 1. The molecule has 1 fully saturated rings. The Hall–Kier alpha value is -1.61. The first-order chi connectivity index (χ1) is 9.86. The van der Waals surface area contributed by atoms with E-state index < -0.39 is 0 Å². The summed E-state index contributed by atoms with van der Waals surface area (Å²) < 4.78 is 0. The summed E-state index contributed by atoms with van der Waals surface area (Å²) in [6.45, 7) is 5.58. The van der Waals surface area contributed by atoms with Crippen LogP contribution in [0.15, 0.2) is 36.5 Å². The summed E-state index contributed by atoms with van der Waals surface area (Å²) in [4.78, 5) is 7.05. The number of hydrogen-bond donors (Lipinski definition) is 1. The maximum absolute atomic E-state index is 4.58. The Morgan fingerprint density at radius 3 is 3.15 bits per heavy atom. The van der Waals surface area contributed by atoms with Gasteiger partial charge in [0.1, 0.15) is 0 Å². The molecule has 3 rings (SSSR count). The third-order valence-corrected chi connectivity index (χ3v) is 4.05. The van der Waals surface area contributed by atoms with E-state index in [1.54, 1.807) is 0 Å². The van der Waals surface area contributed by atoms with Crippen LogP contribution in [0.2, 0.25) is 0 Å². The van der Waals surface area contributed by atoms with Gasteiger partial charge >= 0.3 is 0 Å². The maximum Gasteiger partial charge on any atom is 0.0703 e. The highest BCUT2D eigenvalue weighted by atomic mass is 15.2. The molecule has 1 aliphatic rings. The number of hydrogen-bond acceptors (Lipinski definition) is 3. The molecule has 1 N–H and O–H groups in total. The van der Waals surface area contributed by atoms with Crippen LogP contribution in [-0.2, 0) is 0 Å². The van der Waals surface area contributed by atoms with Crippen molar-refractivity contribution in [2.75, 3.05) is 24.5 Å². The molecular weight excluding hydrogens is 246 g/mol. The van der Waals surface area contributed by atoms with Crippen molar-refractivity contribution in [2.45, 2.75) is 32.2 Å². The molecule has 1 saturated heterocycles. The normalized spacial score (nSPS) is 19.4. The van der Waals surface area contributed by atoms with Gasteiger partial charge in [-0.15, -0.1) is 0 Å². The molecule has 20 heavy (non-hydrogen) atoms. The van der Waals surface area contributed by atoms with Crippen molar-refractivity contribution < 1.29 is 0 Å². The lowest BCUT2D eigenvalue weighted by Gasteiger charge is -2.34. The highest BCUT2D eigenvalue weighted by molar-refractivity contribution is 5.81. The van der Waals surface area contributed by atoms with Crippen molar-refractivity contribution in [3.63, 3.8) is 0 Å². The van der Waals surface area contributed by atoms with E-state index in [1.807, 2.05) is 12.3 Å². The summed E-state index contributed by atoms with van der Waals surface area (Å²) in [7, 11) is 0. The number of piperidine rings is 1. The van der Waals surface area contributed by atoms with Crippen LogP contribution in [0.4, 0.5) is 5.69 Å². The van der Waals surface area contributed by atoms with E-state index in [9.17, 15) is 0 Å². The SMILES string of the molecule is CCCNC1CCCN(c2cnc3ccccc3c2)C1. The van der Waals surface area contributed by atoms with Crippen LogP contribution in [0.1, 0.15) is 26.2 Å². The number of nitrogens with zero attached hydrogens (tertiary/aromatic N) is 2. The second-order valence-corrected chi connectivity index (χ2v) is 5.63. The van der Waals surface area contributed by atoms with Crippen LogP contribution in [0.25, 0.3) is 10.9 Å². The van der Waals surface area contributed by atoms with E-state index in [-0.39, 0.29) is 0 Å². The minimum Gasteiger partial charge on any atom is -0.369 e. The Labute approximate surface area is 121 Å². The van der Waals surface area contributed by atoms with Gasteiger partial charge in [0.05, 0.1) is 17.4 Å². The molecule has 106 valence electrons. The van der Waals surface area contributed by atoms with E-state index in [2.05, 4.69) is 46.4 Å². The van der Waals surface area contributed by atoms with Crippen molar-refractivity contribution in [1.82, 2.24) is 10.3 Å². The Bertz CT molecular complexity index is 567. The summed E-state index contributed by atoms with van der Waals surface area (Å²) in [6, 6.07) is 11.2. The number of nitrogens with one attached hydrogen (secondary N) is 1. The Balaban J connectivity index is 1.76. The van der Waals surface area contributed by atoms with Crippen LogP contribution < -0.4 is 10.2 Å². The van der Waals surface area contributed by atoms with Crippen molar-refractivity contribution >= 4 is 16.6 Å². The third kappa shape index (κ3) is 2.93. The zero-order valence-corrected chi connectivity index (χ0v) is 12.2. The van der Waals surface area contributed by atoms with Crippen LogP contribution >= 0.6 is 0 Å². The fourth-order valence-corrected chi connectivity index (χ4v) is 2.96. The van der Waals surface area contributed by atoms with E-state index in [0.717, 1.165) is 25.2 Å². The molecule has 0 radical (unpaired) electrons. The quantitative estimate of drug-likeness (QED) is 0.924. The molecule has 3 heteroatoms. The minimum atomic E-state index is 0.621. The van der Waals surface area contributed by atoms with Gasteiger partial charge in [-0.2, -0.15) is 0 Å². The zero-order valence-electron chi connectivity index (χ0n) is 12.2. The molecular formula is C17H23N3. The molecule has 0 spiro atoms. The fourth-order valence-electron chi connectivity index (χ4n) is 2.96. The topological polar surface area (TPSA) is 28.2 Å². The fraction of sp³-hybridized carbons (Fsp3) is 0.471. The van der Waals surface area contributed by atoms with E-state index in [4.69, 9.17) is 0 Å². The Morgan fingerprint density at radius 1 is 1.35 bits per heavy atom. The van der Waals surface area contributed by atoms with Gasteiger partial charge < -0.3 is 10.2 Å². The number of pyridine rings is 1. The van der Waals surface area contributed by atoms with Crippen LogP contribution in [-0.4, -0.2) is 30.7 Å². The predicted octanol–water partition coefficient (Wildman–Crippen LogP) is 3.20. The molecule has 1 aromatic carbocycles. The second kappa shape index (κ2) is 6.23. The molecule has 0 bridgehead atoms. The van der Waals surface area contributed by atoms with Crippen molar-refractivity contribution in [2.24, 2.45) is 0 Å². The van der Waals surface area contributed by atoms with E-state index >= 15 is 0 Å². The van der Waals surface area contributed by atoms with Gasteiger partial charge in [-0.1, -0.05) is 25.1 Å². The van der Waals surface area contributed by atoms with Crippen LogP contribution in [0.3, 0.4) is 0 Å². The Morgan fingerprint density at radius 2 is 2.25 bits per heavy atom. The lowest BCUT2D eigenvalue weighted by molar-refractivity contribution is 0.423. The van der Waals surface area contributed by atoms with Gasteiger partial charge in [0.15, 0.2) is 0 Å². The molecule has 0 aliphatic carbocycles. The second-order valence-electron chi connectivity index (χ2n) is 5.63. The summed E-state index contributed by atoms with van der Waals surface area (Å²) in [5.74, 6) is 0. The monoisotopic (exact) mass is 269 g/mol. The number of rotatable bonds is 4. The molecule has 1 atom stereocenters. The summed E-state index contributed by atoms with van der Waals surface area (Å²) in [5, 5.41) is 4.88. The highest BCUT2D eigenvalue weighted by Crippen LogP contribution is 2.23. The number of fused-ring (bicyclic) bond motifs is 1. The average molecular weight is 269 g/mol. The molecule has 3 nitrogen and oxygen atoms in total. The Kier molecular flexibility index (Phi) is 4.16. The lowest BCUT2D eigenvalue weighted by Crippen LogP contribution is -2.46. The largest absolute Gasteiger partial charge is 0.369 e. The summed E-state index contributed by atoms with van der Waals surface area (Å²) in [5.41, 5.74) is 2.33. The minimum absolute atomic E-state index is 0.621. The maximum atomic E-state index is 4.58. The van der Waals surface area contributed by atoms with Gasteiger partial charge in [0.25, 0.3) is 0 Å². The summed E-state index contributed by atoms with van der Waals surface area (Å²) >= 11 is 0. The highest BCUT2D eigenvalue weighted by Gasteiger charge is 2.19. The van der Waals surface area contributed by atoms with Gasteiger partial charge in [0, 0.05) is 24.5 Å². The summed E-state index contributed by atoms with van der Waals surface area (Å²) in [6.07, 6.45) is 5.77. The molecule has 2 heterocycles. The third-order valence-electron chi connectivity index (χ3n) is 4.05. The van der Waals surface area contributed by atoms with Crippen molar-refractivity contribution in [3.8, 4) is 0 Å². The van der Waals surface area contributed by atoms with Crippen molar-refractivity contribution in [1.29, 1.82) is 0 Å². The molecule has 2 aromatic rings. The predicted molar refractivity (Wildman–Crippen MR) is 85.3 cm³/mol. The molecule has 1 aliphatic heterocycles. The molecule has 1 unspecified atom stereocenters.